The fourth-order valence-electron chi connectivity index (χ4n) is 2.62. The van der Waals surface area contributed by atoms with Crippen LogP contribution in [0, 0.1) is 0 Å². The van der Waals surface area contributed by atoms with Gasteiger partial charge in [-0.05, 0) is 26.3 Å². The Kier molecular flexibility index (Phi) is 4.99. The summed E-state index contributed by atoms with van der Waals surface area (Å²) in [6, 6.07) is 8.28. The van der Waals surface area contributed by atoms with Crippen LogP contribution in [0.3, 0.4) is 0 Å². The van der Waals surface area contributed by atoms with Crippen molar-refractivity contribution >= 4 is 39.7 Å². The van der Waals surface area contributed by atoms with Crippen LogP contribution in [0.2, 0.25) is 0 Å². The molecule has 1 amide bonds. The highest BCUT2D eigenvalue weighted by Crippen LogP contribution is 2.26. The standard InChI is InChI=1S/C17H21N5OS/c1-4-11(3)18-14(23)10-24-17-19-16-15(20-21-17)12-8-6-7-9-13(12)22(16)5-2/h6-9,11H,4-5,10H2,1-3H3,(H,18,23)/t11-/m1/s1. The summed E-state index contributed by atoms with van der Waals surface area (Å²) in [5.74, 6) is 0.290. The van der Waals surface area contributed by atoms with Crippen molar-refractivity contribution in [3.05, 3.63) is 24.3 Å². The van der Waals surface area contributed by atoms with Crippen LogP contribution in [-0.4, -0.2) is 37.5 Å². The zero-order chi connectivity index (χ0) is 17.1. The molecule has 2 aromatic heterocycles. The van der Waals surface area contributed by atoms with Gasteiger partial charge in [0.15, 0.2) is 5.65 Å². The van der Waals surface area contributed by atoms with Crippen LogP contribution >= 0.6 is 11.8 Å². The summed E-state index contributed by atoms with van der Waals surface area (Å²) in [6.07, 6.45) is 0.914. The number of aromatic nitrogens is 4. The molecule has 1 N–H and O–H groups in total. The number of amides is 1. The lowest BCUT2D eigenvalue weighted by molar-refractivity contribution is -0.119. The van der Waals surface area contributed by atoms with E-state index in [0.29, 0.717) is 10.9 Å². The summed E-state index contributed by atoms with van der Waals surface area (Å²) in [5, 5.41) is 13.1. The first-order valence-electron chi connectivity index (χ1n) is 8.17. The molecule has 0 bridgehead atoms. The Morgan fingerprint density at radius 1 is 1.29 bits per heavy atom. The molecule has 126 valence electrons. The Bertz CT molecular complexity index is 876. The molecule has 0 fully saturated rings. The number of fused-ring (bicyclic) bond motifs is 3. The van der Waals surface area contributed by atoms with E-state index in [0.717, 1.165) is 35.0 Å². The molecule has 0 aliphatic carbocycles. The fourth-order valence-corrected chi connectivity index (χ4v) is 3.21. The molecule has 3 aromatic rings. The van der Waals surface area contributed by atoms with Gasteiger partial charge < -0.3 is 9.88 Å². The van der Waals surface area contributed by atoms with Gasteiger partial charge in [-0.15, -0.1) is 10.2 Å². The Morgan fingerprint density at radius 2 is 2.08 bits per heavy atom. The van der Waals surface area contributed by atoms with E-state index in [1.54, 1.807) is 0 Å². The van der Waals surface area contributed by atoms with Crippen LogP contribution in [0.25, 0.3) is 22.1 Å². The van der Waals surface area contributed by atoms with Gasteiger partial charge in [0.05, 0.1) is 11.3 Å². The van der Waals surface area contributed by atoms with Crippen molar-refractivity contribution < 1.29 is 4.79 Å². The number of hydrogen-bond acceptors (Lipinski definition) is 5. The highest BCUT2D eigenvalue weighted by molar-refractivity contribution is 7.99. The normalized spacial score (nSPS) is 12.6. The van der Waals surface area contributed by atoms with Crippen LogP contribution in [0.1, 0.15) is 27.2 Å². The molecule has 0 saturated carbocycles. The summed E-state index contributed by atoms with van der Waals surface area (Å²) < 4.78 is 2.13. The van der Waals surface area contributed by atoms with E-state index in [2.05, 4.69) is 38.1 Å². The van der Waals surface area contributed by atoms with Crippen molar-refractivity contribution in [3.8, 4) is 0 Å². The highest BCUT2D eigenvalue weighted by atomic mass is 32.2. The summed E-state index contributed by atoms with van der Waals surface area (Å²) in [4.78, 5) is 16.5. The van der Waals surface area contributed by atoms with E-state index < -0.39 is 0 Å². The maximum absolute atomic E-state index is 11.9. The Morgan fingerprint density at radius 3 is 2.83 bits per heavy atom. The molecule has 0 unspecified atom stereocenters. The topological polar surface area (TPSA) is 72.7 Å². The molecule has 1 aromatic carbocycles. The SMILES string of the molecule is CC[C@@H](C)NC(=O)CSc1nnc2c3ccccc3n(CC)c2n1. The number of benzene rings is 1. The maximum Gasteiger partial charge on any atom is 0.230 e. The minimum atomic E-state index is -0.00548. The molecule has 1 atom stereocenters. The van der Waals surface area contributed by atoms with E-state index in [1.165, 1.54) is 11.8 Å². The van der Waals surface area contributed by atoms with Gasteiger partial charge in [-0.25, -0.2) is 4.98 Å². The number of hydrogen-bond donors (Lipinski definition) is 1. The van der Waals surface area contributed by atoms with E-state index in [-0.39, 0.29) is 11.9 Å². The lowest BCUT2D eigenvalue weighted by Crippen LogP contribution is -2.33. The van der Waals surface area contributed by atoms with Crippen LogP contribution < -0.4 is 5.32 Å². The predicted octanol–water partition coefficient (Wildman–Crippen LogP) is 3.01. The minimum Gasteiger partial charge on any atom is -0.353 e. The summed E-state index contributed by atoms with van der Waals surface area (Å²) in [6.45, 7) is 6.93. The van der Waals surface area contributed by atoms with E-state index >= 15 is 0 Å². The van der Waals surface area contributed by atoms with Crippen LogP contribution in [0.15, 0.2) is 29.4 Å². The zero-order valence-corrected chi connectivity index (χ0v) is 14.9. The molecule has 7 heteroatoms. The fraction of sp³-hybridized carbons (Fsp3) is 0.412. The van der Waals surface area contributed by atoms with Gasteiger partial charge >= 0.3 is 0 Å². The van der Waals surface area contributed by atoms with E-state index in [1.807, 2.05) is 32.0 Å². The number of rotatable bonds is 6. The molecular weight excluding hydrogens is 322 g/mol. The second-order valence-corrected chi connectivity index (χ2v) is 6.64. The summed E-state index contributed by atoms with van der Waals surface area (Å²) in [5.41, 5.74) is 2.73. The highest BCUT2D eigenvalue weighted by Gasteiger charge is 2.14. The Labute approximate surface area is 145 Å². The molecule has 0 radical (unpaired) electrons. The molecule has 0 saturated heterocycles. The number of para-hydroxylation sites is 1. The molecule has 2 heterocycles. The first-order chi connectivity index (χ1) is 11.6. The van der Waals surface area contributed by atoms with Crippen molar-refractivity contribution in [1.29, 1.82) is 0 Å². The summed E-state index contributed by atoms with van der Waals surface area (Å²) in [7, 11) is 0. The number of carbonyl (C=O) groups excluding carboxylic acids is 1. The van der Waals surface area contributed by atoms with Crippen molar-refractivity contribution in [2.24, 2.45) is 0 Å². The first-order valence-corrected chi connectivity index (χ1v) is 9.16. The molecule has 0 aliphatic rings. The minimum absolute atomic E-state index is 0.00548. The molecule has 3 rings (SSSR count). The third-order valence-electron chi connectivity index (χ3n) is 4.02. The monoisotopic (exact) mass is 343 g/mol. The average Bonchev–Trinajstić information content (AvgIpc) is 2.92. The van der Waals surface area contributed by atoms with Crippen molar-refractivity contribution in [2.75, 3.05) is 5.75 Å². The quantitative estimate of drug-likeness (QED) is 0.697. The van der Waals surface area contributed by atoms with Gasteiger partial charge in [0.25, 0.3) is 0 Å². The number of aryl methyl sites for hydroxylation is 1. The molecule has 24 heavy (non-hydrogen) atoms. The Hall–Kier alpha value is -2.15. The summed E-state index contributed by atoms with van der Waals surface area (Å²) >= 11 is 1.31. The molecular formula is C17H21N5OS. The second kappa shape index (κ2) is 7.17. The van der Waals surface area contributed by atoms with Gasteiger partial charge in [-0.2, -0.15) is 0 Å². The third-order valence-corrected chi connectivity index (χ3v) is 4.86. The zero-order valence-electron chi connectivity index (χ0n) is 14.1. The van der Waals surface area contributed by atoms with Gasteiger partial charge in [0.1, 0.15) is 5.52 Å². The number of nitrogens with zero attached hydrogens (tertiary/aromatic N) is 4. The molecule has 6 nitrogen and oxygen atoms in total. The third kappa shape index (κ3) is 3.21. The Balaban J connectivity index is 1.86. The first kappa shape index (κ1) is 16.7. The van der Waals surface area contributed by atoms with E-state index in [4.69, 9.17) is 0 Å². The second-order valence-electron chi connectivity index (χ2n) is 5.69. The van der Waals surface area contributed by atoms with Crippen molar-refractivity contribution in [3.63, 3.8) is 0 Å². The van der Waals surface area contributed by atoms with Crippen LogP contribution in [-0.2, 0) is 11.3 Å². The van der Waals surface area contributed by atoms with Crippen LogP contribution in [0.4, 0.5) is 0 Å². The number of carbonyl (C=O) groups is 1. The van der Waals surface area contributed by atoms with Gasteiger partial charge in [-0.3, -0.25) is 4.79 Å². The molecule has 0 spiro atoms. The number of thioether (sulfide) groups is 1. The van der Waals surface area contributed by atoms with E-state index in [9.17, 15) is 4.79 Å². The smallest absolute Gasteiger partial charge is 0.230 e. The lowest BCUT2D eigenvalue weighted by Gasteiger charge is -2.10. The largest absolute Gasteiger partial charge is 0.353 e. The lowest BCUT2D eigenvalue weighted by atomic mass is 10.2. The number of nitrogens with one attached hydrogen (secondary N) is 1. The maximum atomic E-state index is 11.9. The van der Waals surface area contributed by atoms with Gasteiger partial charge in [0, 0.05) is 18.0 Å². The van der Waals surface area contributed by atoms with Crippen LogP contribution in [0.5, 0.6) is 0 Å². The van der Waals surface area contributed by atoms with Crippen molar-refractivity contribution in [1.82, 2.24) is 25.1 Å². The van der Waals surface area contributed by atoms with Gasteiger partial charge in [-0.1, -0.05) is 36.9 Å². The van der Waals surface area contributed by atoms with Crippen molar-refractivity contribution in [2.45, 2.75) is 44.9 Å². The predicted molar refractivity (Wildman–Crippen MR) is 97.1 cm³/mol. The average molecular weight is 343 g/mol. The molecule has 0 aliphatic heterocycles. The van der Waals surface area contributed by atoms with Gasteiger partial charge in [0.2, 0.25) is 11.1 Å².